The van der Waals surface area contributed by atoms with Gasteiger partial charge in [0.25, 0.3) is 0 Å². The molecule has 2 rings (SSSR count). The van der Waals surface area contributed by atoms with Crippen molar-refractivity contribution in [2.45, 2.75) is 26.7 Å². The van der Waals surface area contributed by atoms with Crippen molar-refractivity contribution in [2.24, 2.45) is 0 Å². The molecule has 1 aromatic carbocycles. The van der Waals surface area contributed by atoms with Crippen LogP contribution in [0.2, 0.25) is 0 Å². The van der Waals surface area contributed by atoms with Crippen LogP contribution in [-0.4, -0.2) is 20.7 Å². The molecule has 88 valence electrons. The van der Waals surface area contributed by atoms with Crippen molar-refractivity contribution in [1.29, 1.82) is 0 Å². The zero-order chi connectivity index (χ0) is 11.8. The van der Waals surface area contributed by atoms with Gasteiger partial charge in [-0.3, -0.25) is 4.31 Å². The summed E-state index contributed by atoms with van der Waals surface area (Å²) in [5.41, 5.74) is 3.05. The lowest BCUT2D eigenvalue weighted by atomic mass is 10.1. The predicted molar refractivity (Wildman–Crippen MR) is 66.3 cm³/mol. The van der Waals surface area contributed by atoms with Gasteiger partial charge in [0.05, 0.1) is 11.4 Å². The standard InChI is InChI=1S/C12H17NO2S/c1-10-6-5-7-12(11(10)2)13-8-3-4-9-16(13,14)15/h5-7H,3-4,8-9H2,1-2H3. The summed E-state index contributed by atoms with van der Waals surface area (Å²) in [5.74, 6) is 0.278. The fourth-order valence-electron chi connectivity index (χ4n) is 2.07. The molecule has 1 heterocycles. The number of hydrogen-bond acceptors (Lipinski definition) is 2. The molecule has 1 aliphatic heterocycles. The number of rotatable bonds is 1. The topological polar surface area (TPSA) is 37.4 Å². The summed E-state index contributed by atoms with van der Waals surface area (Å²) in [6.45, 7) is 4.61. The van der Waals surface area contributed by atoms with Crippen LogP contribution in [0.4, 0.5) is 5.69 Å². The van der Waals surface area contributed by atoms with Crippen molar-refractivity contribution >= 4 is 15.7 Å². The van der Waals surface area contributed by atoms with E-state index in [4.69, 9.17) is 0 Å². The number of anilines is 1. The highest BCUT2D eigenvalue weighted by atomic mass is 32.2. The normalized spacial score (nSPS) is 19.8. The summed E-state index contributed by atoms with van der Waals surface area (Å²) >= 11 is 0. The molecule has 0 aromatic heterocycles. The fourth-order valence-corrected chi connectivity index (χ4v) is 3.76. The van der Waals surface area contributed by atoms with Gasteiger partial charge >= 0.3 is 0 Å². The maximum atomic E-state index is 12.0. The van der Waals surface area contributed by atoms with E-state index in [2.05, 4.69) is 0 Å². The van der Waals surface area contributed by atoms with E-state index in [9.17, 15) is 8.42 Å². The van der Waals surface area contributed by atoms with Gasteiger partial charge in [-0.15, -0.1) is 0 Å². The molecule has 0 bridgehead atoms. The van der Waals surface area contributed by atoms with E-state index >= 15 is 0 Å². The lowest BCUT2D eigenvalue weighted by molar-refractivity contribution is 0.574. The van der Waals surface area contributed by atoms with Crippen LogP contribution in [0.15, 0.2) is 18.2 Å². The van der Waals surface area contributed by atoms with Crippen LogP contribution in [0.25, 0.3) is 0 Å². The Morgan fingerprint density at radius 2 is 1.94 bits per heavy atom. The number of benzene rings is 1. The first-order valence-electron chi connectivity index (χ1n) is 5.59. The summed E-state index contributed by atoms with van der Waals surface area (Å²) < 4.78 is 25.5. The zero-order valence-electron chi connectivity index (χ0n) is 9.73. The fraction of sp³-hybridized carbons (Fsp3) is 0.500. The van der Waals surface area contributed by atoms with Crippen LogP contribution in [0, 0.1) is 13.8 Å². The quantitative estimate of drug-likeness (QED) is 0.753. The van der Waals surface area contributed by atoms with Crippen molar-refractivity contribution in [3.8, 4) is 0 Å². The average molecular weight is 239 g/mol. The van der Waals surface area contributed by atoms with Crippen molar-refractivity contribution in [3.63, 3.8) is 0 Å². The van der Waals surface area contributed by atoms with Gasteiger partial charge in [-0.05, 0) is 43.9 Å². The molecule has 0 aliphatic carbocycles. The van der Waals surface area contributed by atoms with Gasteiger partial charge < -0.3 is 0 Å². The highest BCUT2D eigenvalue weighted by Crippen LogP contribution is 2.28. The summed E-state index contributed by atoms with van der Waals surface area (Å²) in [6, 6.07) is 5.82. The molecule has 0 unspecified atom stereocenters. The maximum absolute atomic E-state index is 12.0. The van der Waals surface area contributed by atoms with Crippen LogP contribution in [0.3, 0.4) is 0 Å². The number of sulfonamides is 1. The molecule has 0 atom stereocenters. The third-order valence-corrected chi connectivity index (χ3v) is 5.05. The van der Waals surface area contributed by atoms with E-state index in [0.717, 1.165) is 29.7 Å². The van der Waals surface area contributed by atoms with Gasteiger partial charge in [-0.1, -0.05) is 12.1 Å². The van der Waals surface area contributed by atoms with Crippen molar-refractivity contribution in [3.05, 3.63) is 29.3 Å². The van der Waals surface area contributed by atoms with E-state index in [1.54, 1.807) is 4.31 Å². The van der Waals surface area contributed by atoms with Gasteiger partial charge in [0.1, 0.15) is 0 Å². The molecule has 0 radical (unpaired) electrons. The first-order chi connectivity index (χ1) is 7.52. The maximum Gasteiger partial charge on any atom is 0.235 e. The third kappa shape index (κ3) is 1.94. The minimum absolute atomic E-state index is 0.278. The van der Waals surface area contributed by atoms with Gasteiger partial charge in [-0.2, -0.15) is 0 Å². The molecule has 1 fully saturated rings. The van der Waals surface area contributed by atoms with Crippen LogP contribution < -0.4 is 4.31 Å². The van der Waals surface area contributed by atoms with Crippen LogP contribution >= 0.6 is 0 Å². The Morgan fingerprint density at radius 1 is 1.19 bits per heavy atom. The Labute approximate surface area is 97.1 Å². The lowest BCUT2D eigenvalue weighted by Gasteiger charge is -2.29. The second kappa shape index (κ2) is 4.09. The Bertz CT molecular complexity index is 494. The van der Waals surface area contributed by atoms with Crippen LogP contribution in [0.1, 0.15) is 24.0 Å². The highest BCUT2D eigenvalue weighted by molar-refractivity contribution is 7.92. The molecule has 1 aromatic rings. The van der Waals surface area contributed by atoms with E-state index in [1.807, 2.05) is 32.0 Å². The molecule has 16 heavy (non-hydrogen) atoms. The molecule has 0 N–H and O–H groups in total. The molecule has 1 aliphatic rings. The smallest absolute Gasteiger partial charge is 0.235 e. The monoisotopic (exact) mass is 239 g/mol. The van der Waals surface area contributed by atoms with Crippen molar-refractivity contribution in [2.75, 3.05) is 16.6 Å². The van der Waals surface area contributed by atoms with Crippen molar-refractivity contribution in [1.82, 2.24) is 0 Å². The molecule has 0 amide bonds. The summed E-state index contributed by atoms with van der Waals surface area (Å²) in [5, 5.41) is 0. The molecular formula is C12H17NO2S. The third-order valence-electron chi connectivity index (χ3n) is 3.19. The van der Waals surface area contributed by atoms with E-state index < -0.39 is 10.0 Å². The van der Waals surface area contributed by atoms with Gasteiger partial charge in [0, 0.05) is 6.54 Å². The number of nitrogens with zero attached hydrogens (tertiary/aromatic N) is 1. The predicted octanol–water partition coefficient (Wildman–Crippen LogP) is 2.23. The van der Waals surface area contributed by atoms with Gasteiger partial charge in [0.2, 0.25) is 10.0 Å². The van der Waals surface area contributed by atoms with E-state index in [0.29, 0.717) is 6.54 Å². The Hall–Kier alpha value is -1.03. The molecule has 3 nitrogen and oxygen atoms in total. The van der Waals surface area contributed by atoms with Crippen LogP contribution in [-0.2, 0) is 10.0 Å². The molecule has 0 saturated carbocycles. The summed E-state index contributed by atoms with van der Waals surface area (Å²) in [7, 11) is -3.08. The second-order valence-electron chi connectivity index (χ2n) is 4.31. The number of hydrogen-bond donors (Lipinski definition) is 0. The SMILES string of the molecule is Cc1cccc(N2CCCCS2(=O)=O)c1C. The second-order valence-corrected chi connectivity index (χ2v) is 6.33. The van der Waals surface area contributed by atoms with Gasteiger partial charge in [0.15, 0.2) is 0 Å². The van der Waals surface area contributed by atoms with Crippen molar-refractivity contribution < 1.29 is 8.42 Å². The first-order valence-corrected chi connectivity index (χ1v) is 7.20. The molecule has 4 heteroatoms. The minimum Gasteiger partial charge on any atom is -0.270 e. The summed E-state index contributed by atoms with van der Waals surface area (Å²) in [4.78, 5) is 0. The van der Waals surface area contributed by atoms with E-state index in [-0.39, 0.29) is 5.75 Å². The Kier molecular flexibility index (Phi) is 2.93. The van der Waals surface area contributed by atoms with Crippen LogP contribution in [0.5, 0.6) is 0 Å². The molecule has 0 spiro atoms. The minimum atomic E-state index is -3.08. The Morgan fingerprint density at radius 3 is 2.62 bits per heavy atom. The molecular weight excluding hydrogens is 222 g/mol. The number of aryl methyl sites for hydroxylation is 1. The summed E-state index contributed by atoms with van der Waals surface area (Å²) in [6.07, 6.45) is 1.73. The van der Waals surface area contributed by atoms with E-state index in [1.165, 1.54) is 0 Å². The first kappa shape index (κ1) is 11.5. The Balaban J connectivity index is 2.47. The highest BCUT2D eigenvalue weighted by Gasteiger charge is 2.26. The lowest BCUT2D eigenvalue weighted by Crippen LogP contribution is -2.38. The largest absolute Gasteiger partial charge is 0.270 e. The van der Waals surface area contributed by atoms with Gasteiger partial charge in [-0.25, -0.2) is 8.42 Å². The molecule has 1 saturated heterocycles. The average Bonchev–Trinajstić information content (AvgIpc) is 2.22. The zero-order valence-corrected chi connectivity index (χ0v) is 10.5.